The van der Waals surface area contributed by atoms with E-state index < -0.39 is 6.03 Å². The van der Waals surface area contributed by atoms with Crippen molar-refractivity contribution in [2.75, 3.05) is 11.4 Å². The number of amides is 2. The first-order valence-electron chi connectivity index (χ1n) is 5.23. The molecule has 0 bridgehead atoms. The number of hydrogen-bond donors (Lipinski definition) is 1. The standard InChI is InChI=1S/C10H13N3O2S/c1-2-13(9(11)15)10-12-6-4-3-5-7(14)8(6)16-10/h2-5H2,1H3,(H2,11,15). The van der Waals surface area contributed by atoms with Gasteiger partial charge in [0, 0.05) is 13.0 Å². The lowest BCUT2D eigenvalue weighted by Crippen LogP contribution is -2.35. The van der Waals surface area contributed by atoms with Gasteiger partial charge in [-0.3, -0.25) is 9.69 Å². The molecule has 0 radical (unpaired) electrons. The van der Waals surface area contributed by atoms with E-state index in [9.17, 15) is 9.59 Å². The Morgan fingerprint density at radius 1 is 1.56 bits per heavy atom. The van der Waals surface area contributed by atoms with Crippen LogP contribution in [0.2, 0.25) is 0 Å². The van der Waals surface area contributed by atoms with E-state index in [-0.39, 0.29) is 5.78 Å². The number of aromatic nitrogens is 1. The fourth-order valence-electron chi connectivity index (χ4n) is 1.76. The highest BCUT2D eigenvalue weighted by atomic mass is 32.1. The lowest BCUT2D eigenvalue weighted by Gasteiger charge is -2.13. The number of hydrogen-bond acceptors (Lipinski definition) is 4. The molecule has 86 valence electrons. The third-order valence-corrected chi connectivity index (χ3v) is 3.73. The summed E-state index contributed by atoms with van der Waals surface area (Å²) in [4.78, 5) is 29.2. The first-order chi connectivity index (χ1) is 7.63. The van der Waals surface area contributed by atoms with Gasteiger partial charge in [0.1, 0.15) is 0 Å². The predicted octanol–water partition coefficient (Wildman–Crippen LogP) is 1.57. The van der Waals surface area contributed by atoms with Crippen LogP contribution in [-0.2, 0) is 6.42 Å². The van der Waals surface area contributed by atoms with Crippen LogP contribution in [0.25, 0.3) is 0 Å². The van der Waals surface area contributed by atoms with Gasteiger partial charge in [0.15, 0.2) is 10.9 Å². The summed E-state index contributed by atoms with van der Waals surface area (Å²) in [6.07, 6.45) is 2.24. The Labute approximate surface area is 97.3 Å². The summed E-state index contributed by atoms with van der Waals surface area (Å²) >= 11 is 1.27. The van der Waals surface area contributed by atoms with Gasteiger partial charge in [0.2, 0.25) is 0 Å². The normalized spacial score (nSPS) is 14.7. The quantitative estimate of drug-likeness (QED) is 0.851. The molecule has 2 N–H and O–H groups in total. The molecule has 2 rings (SSSR count). The van der Waals surface area contributed by atoms with E-state index in [0.29, 0.717) is 23.0 Å². The van der Waals surface area contributed by atoms with E-state index >= 15 is 0 Å². The summed E-state index contributed by atoms with van der Waals surface area (Å²) in [6, 6.07) is -0.527. The summed E-state index contributed by atoms with van der Waals surface area (Å²) in [5, 5.41) is 0.537. The minimum atomic E-state index is -0.527. The van der Waals surface area contributed by atoms with Gasteiger partial charge in [0.05, 0.1) is 10.6 Å². The van der Waals surface area contributed by atoms with Crippen molar-refractivity contribution in [3.8, 4) is 0 Å². The molecule has 0 fully saturated rings. The largest absolute Gasteiger partial charge is 0.351 e. The fraction of sp³-hybridized carbons (Fsp3) is 0.500. The lowest BCUT2D eigenvalue weighted by atomic mass is 10.0. The maximum absolute atomic E-state index is 11.6. The van der Waals surface area contributed by atoms with E-state index in [1.54, 1.807) is 0 Å². The van der Waals surface area contributed by atoms with E-state index in [1.165, 1.54) is 16.2 Å². The van der Waals surface area contributed by atoms with Gasteiger partial charge >= 0.3 is 6.03 Å². The average molecular weight is 239 g/mol. The zero-order valence-corrected chi connectivity index (χ0v) is 9.84. The van der Waals surface area contributed by atoms with E-state index in [1.807, 2.05) is 6.92 Å². The van der Waals surface area contributed by atoms with Crippen molar-refractivity contribution in [3.05, 3.63) is 10.6 Å². The second-order valence-corrected chi connectivity index (χ2v) is 4.61. The third kappa shape index (κ3) is 1.80. The van der Waals surface area contributed by atoms with Crippen molar-refractivity contribution in [2.24, 2.45) is 5.73 Å². The second-order valence-electron chi connectivity index (χ2n) is 3.63. The Hall–Kier alpha value is -1.43. The van der Waals surface area contributed by atoms with Crippen LogP contribution in [0.5, 0.6) is 0 Å². The number of urea groups is 1. The second kappa shape index (κ2) is 4.21. The summed E-state index contributed by atoms with van der Waals surface area (Å²) in [5.41, 5.74) is 6.06. The summed E-state index contributed by atoms with van der Waals surface area (Å²) in [7, 11) is 0. The zero-order chi connectivity index (χ0) is 11.7. The molecule has 1 aromatic heterocycles. The van der Waals surface area contributed by atoms with Crippen LogP contribution in [-0.4, -0.2) is 23.3 Å². The van der Waals surface area contributed by atoms with Crippen molar-refractivity contribution in [1.29, 1.82) is 0 Å². The van der Waals surface area contributed by atoms with Crippen molar-refractivity contribution < 1.29 is 9.59 Å². The summed E-state index contributed by atoms with van der Waals surface area (Å²) < 4.78 is 0. The van der Waals surface area contributed by atoms with Gasteiger partial charge < -0.3 is 5.73 Å². The van der Waals surface area contributed by atoms with Crippen LogP contribution in [0.15, 0.2) is 0 Å². The van der Waals surface area contributed by atoms with Gasteiger partial charge in [-0.25, -0.2) is 9.78 Å². The van der Waals surface area contributed by atoms with Gasteiger partial charge in [-0.15, -0.1) is 0 Å². The molecule has 1 heterocycles. The van der Waals surface area contributed by atoms with Gasteiger partial charge in [0.25, 0.3) is 0 Å². The van der Waals surface area contributed by atoms with E-state index in [2.05, 4.69) is 4.98 Å². The van der Waals surface area contributed by atoms with Crippen molar-refractivity contribution in [2.45, 2.75) is 26.2 Å². The molecule has 2 amide bonds. The van der Waals surface area contributed by atoms with Crippen LogP contribution >= 0.6 is 11.3 Å². The predicted molar refractivity (Wildman–Crippen MR) is 62.0 cm³/mol. The monoisotopic (exact) mass is 239 g/mol. The molecule has 0 atom stereocenters. The smallest absolute Gasteiger partial charge is 0.321 e. The number of carbonyl (C=O) groups excluding carboxylic acids is 2. The van der Waals surface area contributed by atoms with Crippen LogP contribution < -0.4 is 10.6 Å². The minimum absolute atomic E-state index is 0.130. The molecule has 0 saturated heterocycles. The van der Waals surface area contributed by atoms with Crippen molar-refractivity contribution >= 4 is 28.3 Å². The number of ketones is 1. The topological polar surface area (TPSA) is 76.3 Å². The summed E-state index contributed by atoms with van der Waals surface area (Å²) in [6.45, 7) is 2.29. The Bertz CT molecular complexity index is 441. The van der Waals surface area contributed by atoms with Gasteiger partial charge in [-0.05, 0) is 19.8 Å². The highest BCUT2D eigenvalue weighted by Crippen LogP contribution is 2.31. The molecule has 1 aliphatic rings. The Balaban J connectivity index is 2.37. The van der Waals surface area contributed by atoms with Gasteiger partial charge in [-0.1, -0.05) is 11.3 Å². The molecular formula is C10H13N3O2S. The van der Waals surface area contributed by atoms with Gasteiger partial charge in [-0.2, -0.15) is 0 Å². The number of nitrogens with zero attached hydrogens (tertiary/aromatic N) is 2. The van der Waals surface area contributed by atoms with Crippen LogP contribution in [0.1, 0.15) is 35.1 Å². The number of rotatable bonds is 2. The molecule has 16 heavy (non-hydrogen) atoms. The average Bonchev–Trinajstić information content (AvgIpc) is 2.63. The molecule has 5 nitrogen and oxygen atoms in total. The van der Waals surface area contributed by atoms with Crippen LogP contribution in [0.4, 0.5) is 9.93 Å². The zero-order valence-electron chi connectivity index (χ0n) is 9.02. The molecule has 0 aromatic carbocycles. The molecular weight excluding hydrogens is 226 g/mol. The van der Waals surface area contributed by atoms with Crippen LogP contribution in [0.3, 0.4) is 0 Å². The molecule has 1 aliphatic carbocycles. The highest BCUT2D eigenvalue weighted by molar-refractivity contribution is 7.17. The molecule has 0 saturated carbocycles. The fourth-order valence-corrected chi connectivity index (χ4v) is 2.91. The van der Waals surface area contributed by atoms with Crippen LogP contribution in [0, 0.1) is 0 Å². The van der Waals surface area contributed by atoms with Crippen molar-refractivity contribution in [1.82, 2.24) is 4.98 Å². The lowest BCUT2D eigenvalue weighted by molar-refractivity contribution is 0.0976. The maximum atomic E-state index is 11.6. The number of fused-ring (bicyclic) bond motifs is 1. The Kier molecular flexibility index (Phi) is 2.91. The summed E-state index contributed by atoms with van der Waals surface area (Å²) in [5.74, 6) is 0.130. The number of nitrogens with two attached hydrogens (primary N) is 1. The number of Topliss-reactive ketones (excluding diaryl/α,β-unsaturated/α-hetero) is 1. The molecule has 6 heteroatoms. The number of anilines is 1. The highest BCUT2D eigenvalue weighted by Gasteiger charge is 2.25. The molecule has 0 aliphatic heterocycles. The number of thiazole rings is 1. The van der Waals surface area contributed by atoms with E-state index in [0.717, 1.165) is 18.5 Å². The molecule has 0 unspecified atom stereocenters. The third-order valence-electron chi connectivity index (χ3n) is 2.57. The number of carbonyl (C=O) groups is 2. The molecule has 0 spiro atoms. The Morgan fingerprint density at radius 2 is 2.31 bits per heavy atom. The number of primary amides is 1. The first kappa shape index (κ1) is 11.1. The first-order valence-corrected chi connectivity index (χ1v) is 6.05. The Morgan fingerprint density at radius 3 is 2.88 bits per heavy atom. The minimum Gasteiger partial charge on any atom is -0.351 e. The van der Waals surface area contributed by atoms with E-state index in [4.69, 9.17) is 5.73 Å². The number of aryl methyl sites for hydroxylation is 1. The van der Waals surface area contributed by atoms with Crippen molar-refractivity contribution in [3.63, 3.8) is 0 Å². The SMILES string of the molecule is CCN(C(N)=O)c1nc2c(s1)C(=O)CCC2. The maximum Gasteiger partial charge on any atom is 0.321 e. The molecule has 1 aromatic rings.